The number of hydrogen-bond donors (Lipinski definition) is 2. The first-order valence-corrected chi connectivity index (χ1v) is 12.2. The Morgan fingerprint density at radius 2 is 1.79 bits per heavy atom. The van der Waals surface area contributed by atoms with Gasteiger partial charge in [-0.1, -0.05) is 61.4 Å². The third-order valence-corrected chi connectivity index (χ3v) is 6.89. The van der Waals surface area contributed by atoms with Crippen molar-refractivity contribution in [2.24, 2.45) is 0 Å². The van der Waals surface area contributed by atoms with Crippen LogP contribution < -0.4 is 10.1 Å². The van der Waals surface area contributed by atoms with E-state index >= 15 is 0 Å². The molecule has 3 atom stereocenters. The van der Waals surface area contributed by atoms with Crippen LogP contribution in [0.1, 0.15) is 42.2 Å². The second-order valence-electron chi connectivity index (χ2n) is 9.11. The predicted molar refractivity (Wildman–Crippen MR) is 131 cm³/mol. The third-order valence-electron chi connectivity index (χ3n) is 6.89. The number of rotatable bonds is 6. The number of carbonyl (C=O) groups excluding carboxylic acids is 1. The molecule has 1 amide bonds. The molecule has 1 saturated heterocycles. The highest BCUT2D eigenvalue weighted by molar-refractivity contribution is 5.98. The lowest BCUT2D eigenvalue weighted by molar-refractivity contribution is 0.0553. The maximum Gasteiger partial charge on any atom is 0.275 e. The van der Waals surface area contributed by atoms with Crippen molar-refractivity contribution < 1.29 is 14.6 Å². The monoisotopic (exact) mass is 460 g/mol. The highest BCUT2D eigenvalue weighted by atomic mass is 16.5. The molecule has 1 aliphatic carbocycles. The van der Waals surface area contributed by atoms with Gasteiger partial charge in [0.05, 0.1) is 30.2 Å². The molecule has 1 saturated carbocycles. The average Bonchev–Trinajstić information content (AvgIpc) is 3.33. The number of nitrogens with one attached hydrogen (secondary N) is 1. The van der Waals surface area contributed by atoms with E-state index < -0.39 is 6.10 Å². The summed E-state index contributed by atoms with van der Waals surface area (Å²) in [5, 5.41) is 14.1. The normalized spacial score (nSPS) is 23.0. The summed E-state index contributed by atoms with van der Waals surface area (Å²) >= 11 is 0. The van der Waals surface area contributed by atoms with Gasteiger partial charge in [0, 0.05) is 25.2 Å². The Morgan fingerprint density at radius 3 is 2.56 bits per heavy atom. The molecule has 2 fully saturated rings. The summed E-state index contributed by atoms with van der Waals surface area (Å²) in [7, 11) is 0. The summed E-state index contributed by atoms with van der Waals surface area (Å²) in [6, 6.07) is 19.4. The van der Waals surface area contributed by atoms with Crippen molar-refractivity contribution in [3.63, 3.8) is 0 Å². The summed E-state index contributed by atoms with van der Waals surface area (Å²) in [6.45, 7) is 2.40. The fourth-order valence-electron chi connectivity index (χ4n) is 5.09. The van der Waals surface area contributed by atoms with E-state index in [4.69, 9.17) is 4.74 Å². The molecule has 2 aromatic carbocycles. The minimum atomic E-state index is -0.431. The number of para-hydroxylation sites is 1. The van der Waals surface area contributed by atoms with Gasteiger partial charge in [0.1, 0.15) is 12.4 Å². The summed E-state index contributed by atoms with van der Waals surface area (Å²) in [4.78, 5) is 20.4. The number of ether oxygens (including phenoxy) is 1. The van der Waals surface area contributed by atoms with Gasteiger partial charge in [0.2, 0.25) is 0 Å². The van der Waals surface area contributed by atoms with Crippen LogP contribution in [0.2, 0.25) is 0 Å². The number of aromatic nitrogens is 2. The van der Waals surface area contributed by atoms with Crippen molar-refractivity contribution in [3.8, 4) is 17.0 Å². The zero-order chi connectivity index (χ0) is 23.3. The highest BCUT2D eigenvalue weighted by Gasteiger charge is 2.34. The topological polar surface area (TPSA) is 79.6 Å². The number of nitrogens with zero attached hydrogens (tertiary/aromatic N) is 3. The van der Waals surface area contributed by atoms with Gasteiger partial charge in [-0.25, -0.2) is 4.98 Å². The fourth-order valence-corrected chi connectivity index (χ4v) is 5.09. The molecule has 7 heteroatoms. The number of aliphatic hydroxyl groups is 1. The Kier molecular flexibility index (Phi) is 6.92. The van der Waals surface area contributed by atoms with Crippen LogP contribution in [0.5, 0.6) is 5.75 Å². The molecule has 34 heavy (non-hydrogen) atoms. The Bertz CT molecular complexity index is 1090. The van der Waals surface area contributed by atoms with Crippen LogP contribution in [0.3, 0.4) is 0 Å². The molecular formula is C27H32N4O3. The van der Waals surface area contributed by atoms with Crippen LogP contribution in [-0.4, -0.2) is 63.9 Å². The van der Waals surface area contributed by atoms with E-state index in [0.717, 1.165) is 49.2 Å². The van der Waals surface area contributed by atoms with Crippen LogP contribution in [0.25, 0.3) is 11.3 Å². The Balaban J connectivity index is 1.45. The molecule has 7 nitrogen and oxygen atoms in total. The van der Waals surface area contributed by atoms with Crippen LogP contribution in [0, 0.1) is 0 Å². The van der Waals surface area contributed by atoms with Crippen LogP contribution >= 0.6 is 0 Å². The Labute approximate surface area is 200 Å². The molecule has 5 rings (SSSR count). The number of piperazine rings is 1. The number of imidazole rings is 1. The first-order valence-electron chi connectivity index (χ1n) is 12.2. The number of hydrogen-bond acceptors (Lipinski definition) is 5. The van der Waals surface area contributed by atoms with Gasteiger partial charge in [0.25, 0.3) is 5.91 Å². The van der Waals surface area contributed by atoms with Crippen molar-refractivity contribution in [3.05, 3.63) is 72.7 Å². The van der Waals surface area contributed by atoms with E-state index in [1.54, 1.807) is 6.33 Å². The predicted octanol–water partition coefficient (Wildman–Crippen LogP) is 3.52. The molecule has 2 aliphatic rings. The van der Waals surface area contributed by atoms with Crippen molar-refractivity contribution in [1.82, 2.24) is 19.8 Å². The molecule has 1 aliphatic heterocycles. The summed E-state index contributed by atoms with van der Waals surface area (Å²) in [5.74, 6) is 0.701. The van der Waals surface area contributed by atoms with Gasteiger partial charge >= 0.3 is 0 Å². The Morgan fingerprint density at radius 1 is 1.06 bits per heavy atom. The first kappa shape index (κ1) is 22.6. The summed E-state index contributed by atoms with van der Waals surface area (Å²) in [5.41, 5.74) is 2.17. The van der Waals surface area contributed by atoms with Crippen LogP contribution in [0.4, 0.5) is 0 Å². The molecule has 1 aromatic heterocycles. The maximum absolute atomic E-state index is 13.9. The molecule has 0 unspecified atom stereocenters. The highest BCUT2D eigenvalue weighted by Crippen LogP contribution is 2.35. The number of benzene rings is 2. The van der Waals surface area contributed by atoms with Gasteiger partial charge in [-0.05, 0) is 25.0 Å². The zero-order valence-electron chi connectivity index (χ0n) is 19.3. The molecule has 3 aromatic rings. The third kappa shape index (κ3) is 4.72. The standard InChI is InChI=1S/C27H32N4O3/c32-24-14-8-7-13-23(24)31-19-29-25(26(31)20-9-3-1-4-10-20)27(33)30-16-15-28-17-21(30)18-34-22-11-5-2-6-12-22/h1-6,9-12,19,21,23-24,28,32H,7-8,13-18H2/t21-,23-,24+/m0/s1. The van der Waals surface area contributed by atoms with E-state index in [2.05, 4.69) is 10.3 Å². The van der Waals surface area contributed by atoms with Crippen LogP contribution in [0.15, 0.2) is 67.0 Å². The Hall–Kier alpha value is -3.16. The summed E-state index contributed by atoms with van der Waals surface area (Å²) < 4.78 is 8.03. The molecule has 2 heterocycles. The van der Waals surface area contributed by atoms with Crippen molar-refractivity contribution in [2.75, 3.05) is 26.2 Å². The second-order valence-corrected chi connectivity index (χ2v) is 9.11. The first-order chi connectivity index (χ1) is 16.7. The lowest BCUT2D eigenvalue weighted by atomic mass is 9.92. The number of aliphatic hydroxyl groups excluding tert-OH is 1. The molecule has 178 valence electrons. The molecule has 0 bridgehead atoms. The smallest absolute Gasteiger partial charge is 0.275 e. The number of carbonyl (C=O) groups is 1. The minimum Gasteiger partial charge on any atom is -0.491 e. The second kappa shape index (κ2) is 10.4. The van der Waals surface area contributed by atoms with Gasteiger partial charge in [-0.3, -0.25) is 4.79 Å². The molecule has 0 spiro atoms. The van der Waals surface area contributed by atoms with Gasteiger partial charge in [-0.15, -0.1) is 0 Å². The van der Waals surface area contributed by atoms with E-state index in [1.807, 2.05) is 70.1 Å². The SMILES string of the molecule is O=C(c1ncn([C@H]2CCCC[C@H]2O)c1-c1ccccc1)N1CCNC[C@H]1COc1ccccc1. The van der Waals surface area contributed by atoms with Gasteiger partial charge in [0.15, 0.2) is 5.69 Å². The number of amides is 1. The maximum atomic E-state index is 13.9. The summed E-state index contributed by atoms with van der Waals surface area (Å²) in [6.07, 6.45) is 5.06. The van der Waals surface area contributed by atoms with Gasteiger partial charge in [-0.2, -0.15) is 0 Å². The lowest BCUT2D eigenvalue weighted by Gasteiger charge is -2.36. The molecule has 2 N–H and O–H groups in total. The fraction of sp³-hybridized carbons (Fsp3) is 0.407. The quantitative estimate of drug-likeness (QED) is 0.589. The average molecular weight is 461 g/mol. The molecular weight excluding hydrogens is 428 g/mol. The van der Waals surface area contributed by atoms with E-state index in [1.165, 1.54) is 0 Å². The van der Waals surface area contributed by atoms with Crippen LogP contribution in [-0.2, 0) is 0 Å². The van der Waals surface area contributed by atoms with Crippen molar-refractivity contribution in [1.29, 1.82) is 0 Å². The minimum absolute atomic E-state index is 0.0711. The van der Waals surface area contributed by atoms with E-state index in [9.17, 15) is 9.90 Å². The zero-order valence-corrected chi connectivity index (χ0v) is 19.3. The molecule has 0 radical (unpaired) electrons. The lowest BCUT2D eigenvalue weighted by Crippen LogP contribution is -2.56. The van der Waals surface area contributed by atoms with E-state index in [-0.39, 0.29) is 18.0 Å². The van der Waals surface area contributed by atoms with Crippen molar-refractivity contribution >= 4 is 5.91 Å². The largest absolute Gasteiger partial charge is 0.491 e. The van der Waals surface area contributed by atoms with Crippen molar-refractivity contribution in [2.45, 2.75) is 43.9 Å². The van der Waals surface area contributed by atoms with E-state index in [0.29, 0.717) is 25.4 Å². The van der Waals surface area contributed by atoms with Gasteiger partial charge < -0.3 is 24.6 Å².